The number of ether oxygens (including phenoxy) is 2. The molecule has 1 aliphatic rings. The zero-order valence-corrected chi connectivity index (χ0v) is 22.0. The van der Waals surface area contributed by atoms with Crippen LogP contribution in [0.2, 0.25) is 0 Å². The maximum atomic E-state index is 14.3. The maximum absolute atomic E-state index is 14.3. The number of fused-ring (bicyclic) bond motifs is 1. The summed E-state index contributed by atoms with van der Waals surface area (Å²) in [7, 11) is 1.59. The Bertz CT molecular complexity index is 1100. The lowest BCUT2D eigenvalue weighted by Gasteiger charge is -2.34. The Kier molecular flexibility index (Phi) is 10.3. The van der Waals surface area contributed by atoms with Crippen LogP contribution < -0.4 is 13.4 Å². The zero-order chi connectivity index (χ0) is 23.9. The molecule has 2 heterocycles. The lowest BCUT2D eigenvalue weighted by Crippen LogP contribution is -2.47. The number of aliphatic hydroxyl groups excluding tert-OH is 1. The van der Waals surface area contributed by atoms with Crippen molar-refractivity contribution in [2.24, 2.45) is 0 Å². The minimum Gasteiger partial charge on any atom is -0.493 e. The van der Waals surface area contributed by atoms with Crippen LogP contribution in [-0.4, -0.2) is 84.5 Å². The van der Waals surface area contributed by atoms with Gasteiger partial charge in [0, 0.05) is 50.7 Å². The monoisotopic (exact) mass is 569 g/mol. The van der Waals surface area contributed by atoms with Gasteiger partial charge in [-0.15, -0.1) is 12.4 Å². The summed E-state index contributed by atoms with van der Waals surface area (Å²) in [5.74, 6) is 1.31. The molecule has 0 radical (unpaired) electrons. The van der Waals surface area contributed by atoms with Gasteiger partial charge in [0.2, 0.25) is 0 Å². The quantitative estimate of drug-likeness (QED) is 0.289. The molecule has 0 amide bonds. The summed E-state index contributed by atoms with van der Waals surface area (Å²) in [5, 5.41) is 9.77. The van der Waals surface area contributed by atoms with Crippen LogP contribution in [0.1, 0.15) is 6.42 Å². The highest BCUT2D eigenvalue weighted by atomic mass is 79.9. The number of β-amino-alcohol motifs (C(OH)–C–C–N with tert-alkyl or cyclic N) is 1. The molecule has 11 heteroatoms. The highest BCUT2D eigenvalue weighted by Crippen LogP contribution is 2.38. The normalized spacial score (nSPS) is 14.5. The fraction of sp³-hybridized carbons (Fsp3) is 0.417. The Morgan fingerprint density at radius 1 is 1.06 bits per heavy atom. The predicted molar refractivity (Wildman–Crippen MR) is 141 cm³/mol. The Labute approximate surface area is 219 Å². The second kappa shape index (κ2) is 13.2. The van der Waals surface area contributed by atoms with Crippen molar-refractivity contribution in [3.8, 4) is 11.5 Å². The van der Waals surface area contributed by atoms with Crippen molar-refractivity contribution < 1.29 is 19.0 Å². The summed E-state index contributed by atoms with van der Waals surface area (Å²) in [5.41, 5.74) is 1.01. The van der Waals surface area contributed by atoms with E-state index in [4.69, 9.17) is 14.6 Å². The lowest BCUT2D eigenvalue weighted by molar-refractivity contribution is 0.108. The van der Waals surface area contributed by atoms with Crippen LogP contribution >= 0.6 is 28.6 Å². The Balaban J connectivity index is 0.00000342. The third kappa shape index (κ3) is 6.71. The van der Waals surface area contributed by atoms with Crippen LogP contribution in [0, 0.1) is 5.82 Å². The van der Waals surface area contributed by atoms with Gasteiger partial charge in [0.15, 0.2) is 17.3 Å². The fourth-order valence-electron chi connectivity index (χ4n) is 4.05. The number of para-hydroxylation sites is 1. The first kappa shape index (κ1) is 27.3. The van der Waals surface area contributed by atoms with Crippen LogP contribution in [0.5, 0.6) is 11.5 Å². The van der Waals surface area contributed by atoms with Gasteiger partial charge >= 0.3 is 0 Å². The number of aromatic nitrogens is 2. The number of halogens is 3. The van der Waals surface area contributed by atoms with Gasteiger partial charge in [-0.05, 0) is 24.6 Å². The van der Waals surface area contributed by atoms with Crippen LogP contribution in [0.3, 0.4) is 0 Å². The molecule has 1 N–H and O–H groups in total. The van der Waals surface area contributed by atoms with Gasteiger partial charge in [-0.25, -0.2) is 14.4 Å². The molecule has 0 bridgehead atoms. The van der Waals surface area contributed by atoms with E-state index in [1.165, 1.54) is 16.3 Å². The van der Waals surface area contributed by atoms with E-state index < -0.39 is 0 Å². The van der Waals surface area contributed by atoms with Crippen molar-refractivity contribution in [3.63, 3.8) is 0 Å². The van der Waals surface area contributed by atoms with E-state index in [0.29, 0.717) is 40.5 Å². The number of hydrogen-bond donors (Lipinski definition) is 1. The third-order valence-corrected chi connectivity index (χ3v) is 6.62. The maximum Gasteiger partial charge on any atom is 0.163 e. The van der Waals surface area contributed by atoms with E-state index in [-0.39, 0.29) is 24.8 Å². The average Bonchev–Trinajstić information content (AvgIpc) is 2.86. The molecule has 4 rings (SSSR count). The van der Waals surface area contributed by atoms with Crippen molar-refractivity contribution in [2.75, 3.05) is 63.5 Å². The van der Waals surface area contributed by atoms with E-state index in [9.17, 15) is 4.39 Å². The number of piperazine rings is 1. The topological polar surface area (TPSA) is 74.2 Å². The molecule has 1 aliphatic heterocycles. The van der Waals surface area contributed by atoms with Crippen molar-refractivity contribution in [1.29, 1.82) is 0 Å². The van der Waals surface area contributed by atoms with Crippen molar-refractivity contribution in [2.45, 2.75) is 6.42 Å². The first-order valence-corrected chi connectivity index (χ1v) is 12.0. The van der Waals surface area contributed by atoms with Gasteiger partial charge in [-0.2, -0.15) is 0 Å². The predicted octanol–water partition coefficient (Wildman–Crippen LogP) is 4.03. The summed E-state index contributed by atoms with van der Waals surface area (Å²) in [4.78, 5) is 13.4. The molecule has 2 aromatic carbocycles. The number of nitrogens with zero attached hydrogens (tertiary/aromatic N) is 5. The van der Waals surface area contributed by atoms with Gasteiger partial charge in [0.1, 0.15) is 12.1 Å². The van der Waals surface area contributed by atoms with E-state index in [1.807, 2.05) is 12.1 Å². The first-order chi connectivity index (χ1) is 16.6. The second-order valence-electron chi connectivity index (χ2n) is 8.06. The van der Waals surface area contributed by atoms with Gasteiger partial charge in [0.25, 0.3) is 0 Å². The largest absolute Gasteiger partial charge is 0.493 e. The molecular formula is C24H30BrClFN5O3. The number of aliphatic hydroxyl groups is 1. The number of benzene rings is 2. The minimum atomic E-state index is -0.368. The number of anilines is 2. The molecule has 3 aromatic rings. The molecule has 8 nitrogen and oxygen atoms in total. The molecule has 0 aliphatic carbocycles. The van der Waals surface area contributed by atoms with E-state index in [0.717, 1.165) is 45.7 Å². The summed E-state index contributed by atoms with van der Waals surface area (Å²) >= 11 is 3.44. The van der Waals surface area contributed by atoms with E-state index in [1.54, 1.807) is 25.3 Å². The molecule has 1 saturated heterocycles. The molecule has 1 fully saturated rings. The van der Waals surface area contributed by atoms with Gasteiger partial charge in [-0.3, -0.25) is 8.83 Å². The minimum absolute atomic E-state index is 0. The van der Waals surface area contributed by atoms with Crippen molar-refractivity contribution in [1.82, 2.24) is 19.8 Å². The second-order valence-corrected chi connectivity index (χ2v) is 8.77. The fourth-order valence-corrected chi connectivity index (χ4v) is 4.62. The molecule has 35 heavy (non-hydrogen) atoms. The smallest absolute Gasteiger partial charge is 0.163 e. The van der Waals surface area contributed by atoms with Crippen LogP contribution in [0.15, 0.2) is 42.7 Å². The number of rotatable bonds is 10. The Hall–Kier alpha value is -2.24. The van der Waals surface area contributed by atoms with Crippen molar-refractivity contribution >= 4 is 51.0 Å². The molecule has 0 unspecified atom stereocenters. The molecule has 0 atom stereocenters. The molecular weight excluding hydrogens is 541 g/mol. The van der Waals surface area contributed by atoms with Gasteiger partial charge in [-0.1, -0.05) is 12.1 Å². The standard InChI is InChI=1S/C24H29BrFN5O3.ClH/c1-33-22-15-18-20(27-17-28-24(18)31(25)21-6-3-2-5-19(21)26)16-23(22)34-14-4-7-29-8-10-30(11-9-29)12-13-32;/h2-3,5-6,15-17,32H,4,7-14H2,1H3;1H. The third-order valence-electron chi connectivity index (χ3n) is 5.91. The summed E-state index contributed by atoms with van der Waals surface area (Å²) in [6.07, 6.45) is 2.33. The van der Waals surface area contributed by atoms with Gasteiger partial charge < -0.3 is 19.5 Å². The summed E-state index contributed by atoms with van der Waals surface area (Å²) in [6.45, 7) is 6.45. The summed E-state index contributed by atoms with van der Waals surface area (Å²) < 4.78 is 27.5. The van der Waals surface area contributed by atoms with E-state index in [2.05, 4.69) is 35.9 Å². The number of hydrogen-bond acceptors (Lipinski definition) is 8. The van der Waals surface area contributed by atoms with Crippen LogP contribution in [0.25, 0.3) is 10.9 Å². The molecule has 0 spiro atoms. The lowest BCUT2D eigenvalue weighted by atomic mass is 10.2. The highest BCUT2D eigenvalue weighted by molar-refractivity contribution is 9.10. The Morgan fingerprint density at radius 2 is 1.77 bits per heavy atom. The first-order valence-electron chi connectivity index (χ1n) is 11.3. The van der Waals surface area contributed by atoms with Gasteiger partial charge in [0.05, 0.1) is 47.7 Å². The van der Waals surface area contributed by atoms with Crippen LogP contribution in [0.4, 0.5) is 15.9 Å². The van der Waals surface area contributed by atoms with Crippen LogP contribution in [-0.2, 0) is 0 Å². The SMILES string of the molecule is COc1cc2c(N(Br)c3ccccc3F)ncnc2cc1OCCCN1CCN(CCO)CC1.Cl. The average molecular weight is 571 g/mol. The Morgan fingerprint density at radius 3 is 2.46 bits per heavy atom. The zero-order valence-electron chi connectivity index (χ0n) is 19.6. The molecule has 0 saturated carbocycles. The van der Waals surface area contributed by atoms with E-state index >= 15 is 0 Å². The van der Waals surface area contributed by atoms with Crippen molar-refractivity contribution in [3.05, 3.63) is 48.5 Å². The molecule has 1 aromatic heterocycles. The highest BCUT2D eigenvalue weighted by Gasteiger charge is 2.19. The summed E-state index contributed by atoms with van der Waals surface area (Å²) in [6, 6.07) is 10.1. The molecule has 190 valence electrons. The number of methoxy groups -OCH3 is 1.